The molecule has 0 saturated heterocycles. The number of hydrogen-bond donors (Lipinski definition) is 1. The molecule has 0 aliphatic carbocycles. The lowest BCUT2D eigenvalue weighted by Gasteiger charge is -2.20. The third-order valence-electron chi connectivity index (χ3n) is 2.14. The highest BCUT2D eigenvalue weighted by atomic mass is 16.5. The van der Waals surface area contributed by atoms with E-state index < -0.39 is 6.10 Å². The maximum atomic E-state index is 9.70. The Morgan fingerprint density at radius 2 is 2.38 bits per heavy atom. The number of allylic oxidation sites excluding steroid dienone is 1. The quantitative estimate of drug-likeness (QED) is 0.709. The molecule has 76 valence electrons. The van der Waals surface area contributed by atoms with Gasteiger partial charge in [-0.3, -0.25) is 0 Å². The van der Waals surface area contributed by atoms with Crippen LogP contribution in [-0.2, 0) is 4.74 Å². The maximum absolute atomic E-state index is 9.70. The average Bonchev–Trinajstić information content (AvgIpc) is 2.15. The minimum atomic E-state index is -0.414. The summed E-state index contributed by atoms with van der Waals surface area (Å²) in [6, 6.07) is 0. The van der Waals surface area contributed by atoms with E-state index in [0.717, 1.165) is 38.2 Å². The van der Waals surface area contributed by atoms with Gasteiger partial charge in [-0.25, -0.2) is 0 Å². The average molecular weight is 185 g/mol. The summed E-state index contributed by atoms with van der Waals surface area (Å²) in [5, 5.41) is 9.70. The number of nitrogens with zero attached hydrogens (tertiary/aromatic N) is 1. The van der Waals surface area contributed by atoms with Gasteiger partial charge in [-0.15, -0.1) is 0 Å². The van der Waals surface area contributed by atoms with Crippen molar-refractivity contribution in [3.63, 3.8) is 0 Å². The highest BCUT2D eigenvalue weighted by Crippen LogP contribution is 2.15. The fourth-order valence-electron chi connectivity index (χ4n) is 1.33. The van der Waals surface area contributed by atoms with Gasteiger partial charge in [0.1, 0.15) is 11.9 Å². The molecule has 0 saturated carbocycles. The molecule has 1 aliphatic heterocycles. The summed E-state index contributed by atoms with van der Waals surface area (Å²) in [4.78, 5) is 2.06. The van der Waals surface area contributed by atoms with Crippen molar-refractivity contribution in [2.45, 2.75) is 25.4 Å². The normalized spacial score (nSPS) is 19.5. The van der Waals surface area contributed by atoms with Crippen LogP contribution in [0.2, 0.25) is 0 Å². The third kappa shape index (κ3) is 3.79. The fraction of sp³-hybridized carbons (Fsp3) is 0.800. The SMILES string of the molecule is CN(C)CCC(O)C1=CCCCO1. The first-order valence-electron chi connectivity index (χ1n) is 4.86. The van der Waals surface area contributed by atoms with Gasteiger partial charge in [-0.05, 0) is 39.4 Å². The van der Waals surface area contributed by atoms with Crippen LogP contribution < -0.4 is 0 Å². The van der Waals surface area contributed by atoms with E-state index in [0.29, 0.717) is 0 Å². The lowest BCUT2D eigenvalue weighted by molar-refractivity contribution is 0.0821. The number of rotatable bonds is 4. The number of ether oxygens (including phenoxy) is 1. The van der Waals surface area contributed by atoms with E-state index in [1.807, 2.05) is 20.2 Å². The summed E-state index contributed by atoms with van der Waals surface area (Å²) in [6.07, 6.45) is 4.45. The highest BCUT2D eigenvalue weighted by molar-refractivity contribution is 5.01. The Morgan fingerprint density at radius 3 is 2.92 bits per heavy atom. The van der Waals surface area contributed by atoms with Gasteiger partial charge in [-0.2, -0.15) is 0 Å². The van der Waals surface area contributed by atoms with Crippen molar-refractivity contribution in [2.75, 3.05) is 27.2 Å². The molecule has 1 N–H and O–H groups in total. The van der Waals surface area contributed by atoms with Crippen LogP contribution in [0.3, 0.4) is 0 Å². The predicted octanol–water partition coefficient (Wildman–Crippen LogP) is 0.993. The van der Waals surface area contributed by atoms with Gasteiger partial charge in [-0.1, -0.05) is 0 Å². The predicted molar refractivity (Wildman–Crippen MR) is 52.4 cm³/mol. The van der Waals surface area contributed by atoms with Crippen LogP contribution >= 0.6 is 0 Å². The molecule has 0 bridgehead atoms. The van der Waals surface area contributed by atoms with Crippen molar-refractivity contribution in [1.82, 2.24) is 4.90 Å². The molecule has 3 nitrogen and oxygen atoms in total. The molecule has 13 heavy (non-hydrogen) atoms. The molecule has 1 heterocycles. The monoisotopic (exact) mass is 185 g/mol. The molecule has 1 rings (SSSR count). The lowest BCUT2D eigenvalue weighted by atomic mass is 10.1. The topological polar surface area (TPSA) is 32.7 Å². The van der Waals surface area contributed by atoms with Gasteiger partial charge >= 0.3 is 0 Å². The molecule has 0 fully saturated rings. The highest BCUT2D eigenvalue weighted by Gasteiger charge is 2.14. The van der Waals surface area contributed by atoms with Crippen molar-refractivity contribution in [2.24, 2.45) is 0 Å². The number of aliphatic hydroxyl groups is 1. The van der Waals surface area contributed by atoms with Crippen molar-refractivity contribution in [3.8, 4) is 0 Å². The van der Waals surface area contributed by atoms with E-state index in [-0.39, 0.29) is 0 Å². The minimum absolute atomic E-state index is 0.414. The lowest BCUT2D eigenvalue weighted by Crippen LogP contribution is -2.23. The van der Waals surface area contributed by atoms with Gasteiger partial charge < -0.3 is 14.7 Å². The largest absolute Gasteiger partial charge is 0.496 e. The van der Waals surface area contributed by atoms with Crippen molar-refractivity contribution < 1.29 is 9.84 Å². The van der Waals surface area contributed by atoms with Crippen LogP contribution in [0.15, 0.2) is 11.8 Å². The Hall–Kier alpha value is -0.540. The minimum Gasteiger partial charge on any atom is -0.496 e. The van der Waals surface area contributed by atoms with Crippen LogP contribution in [0.5, 0.6) is 0 Å². The summed E-state index contributed by atoms with van der Waals surface area (Å²) in [7, 11) is 4.01. The van der Waals surface area contributed by atoms with Crippen LogP contribution in [-0.4, -0.2) is 43.4 Å². The van der Waals surface area contributed by atoms with Crippen LogP contribution in [0.1, 0.15) is 19.3 Å². The van der Waals surface area contributed by atoms with Gasteiger partial charge in [0.2, 0.25) is 0 Å². The van der Waals surface area contributed by atoms with E-state index in [9.17, 15) is 5.11 Å². The van der Waals surface area contributed by atoms with E-state index in [4.69, 9.17) is 4.74 Å². The second-order valence-electron chi connectivity index (χ2n) is 3.70. The molecule has 1 unspecified atom stereocenters. The van der Waals surface area contributed by atoms with Crippen LogP contribution in [0, 0.1) is 0 Å². The maximum Gasteiger partial charge on any atom is 0.121 e. The van der Waals surface area contributed by atoms with Crippen LogP contribution in [0.4, 0.5) is 0 Å². The summed E-state index contributed by atoms with van der Waals surface area (Å²) in [5.41, 5.74) is 0. The van der Waals surface area contributed by atoms with Crippen LogP contribution in [0.25, 0.3) is 0 Å². The second kappa shape index (κ2) is 5.25. The first-order valence-corrected chi connectivity index (χ1v) is 4.86. The second-order valence-corrected chi connectivity index (χ2v) is 3.70. The third-order valence-corrected chi connectivity index (χ3v) is 2.14. The van der Waals surface area contributed by atoms with E-state index in [1.54, 1.807) is 0 Å². The Balaban J connectivity index is 2.29. The molecular formula is C10H19NO2. The molecule has 0 aromatic heterocycles. The van der Waals surface area contributed by atoms with Gasteiger partial charge in [0.05, 0.1) is 6.61 Å². The Kier molecular flexibility index (Phi) is 4.25. The number of hydrogen-bond acceptors (Lipinski definition) is 3. The summed E-state index contributed by atoms with van der Waals surface area (Å²) >= 11 is 0. The Morgan fingerprint density at radius 1 is 1.62 bits per heavy atom. The smallest absolute Gasteiger partial charge is 0.121 e. The molecule has 0 aromatic carbocycles. The zero-order valence-corrected chi connectivity index (χ0v) is 8.49. The van der Waals surface area contributed by atoms with Crippen molar-refractivity contribution >= 4 is 0 Å². The van der Waals surface area contributed by atoms with E-state index >= 15 is 0 Å². The van der Waals surface area contributed by atoms with Gasteiger partial charge in [0.25, 0.3) is 0 Å². The first-order chi connectivity index (χ1) is 6.20. The van der Waals surface area contributed by atoms with E-state index in [1.165, 1.54) is 0 Å². The van der Waals surface area contributed by atoms with E-state index in [2.05, 4.69) is 4.90 Å². The zero-order chi connectivity index (χ0) is 9.68. The molecule has 3 heteroatoms. The molecule has 0 amide bonds. The van der Waals surface area contributed by atoms with Gasteiger partial charge in [0, 0.05) is 6.54 Å². The molecular weight excluding hydrogens is 166 g/mol. The molecule has 0 spiro atoms. The Bertz CT molecular complexity index is 178. The zero-order valence-electron chi connectivity index (χ0n) is 8.49. The van der Waals surface area contributed by atoms with Gasteiger partial charge in [0.15, 0.2) is 0 Å². The van der Waals surface area contributed by atoms with Crippen molar-refractivity contribution in [3.05, 3.63) is 11.8 Å². The fourth-order valence-corrected chi connectivity index (χ4v) is 1.33. The summed E-state index contributed by atoms with van der Waals surface area (Å²) in [5.74, 6) is 0.771. The summed E-state index contributed by atoms with van der Waals surface area (Å²) < 4.78 is 5.36. The molecule has 1 aliphatic rings. The summed E-state index contributed by atoms with van der Waals surface area (Å²) in [6.45, 7) is 1.65. The van der Waals surface area contributed by atoms with Crippen molar-refractivity contribution in [1.29, 1.82) is 0 Å². The number of aliphatic hydroxyl groups excluding tert-OH is 1. The first kappa shape index (κ1) is 10.5. The standard InChI is InChI=1S/C10H19NO2/c1-11(2)7-6-9(12)10-5-3-4-8-13-10/h5,9,12H,3-4,6-8H2,1-2H3. The molecule has 0 aromatic rings. The Labute approximate surface area is 80.0 Å². The molecule has 1 atom stereocenters. The molecule has 0 radical (unpaired) electrons.